The van der Waals surface area contributed by atoms with Gasteiger partial charge >= 0.3 is 0 Å². The van der Waals surface area contributed by atoms with Gasteiger partial charge in [-0.15, -0.1) is 0 Å². The number of fused-ring (bicyclic) bond motifs is 2. The number of aromatic nitrogens is 3. The highest BCUT2D eigenvalue weighted by Gasteiger charge is 2.24. The number of carbonyl (C=O) groups is 1. The molecule has 0 spiro atoms. The third-order valence-corrected chi connectivity index (χ3v) is 5.14. The number of para-hydroxylation sites is 2. The molecule has 2 aromatic heterocycles. The van der Waals surface area contributed by atoms with E-state index in [-0.39, 0.29) is 23.3 Å². The van der Waals surface area contributed by atoms with E-state index in [0.29, 0.717) is 27.2 Å². The number of benzene rings is 2. The lowest BCUT2D eigenvalue weighted by atomic mass is 10.2. The van der Waals surface area contributed by atoms with Crippen LogP contribution >= 0.6 is 11.6 Å². The van der Waals surface area contributed by atoms with Crippen LogP contribution in [0.5, 0.6) is 0 Å². The molecule has 152 valence electrons. The highest BCUT2D eigenvalue weighted by molar-refractivity contribution is 6.30. The minimum atomic E-state index is -0.295. The van der Waals surface area contributed by atoms with Crippen LogP contribution in [-0.4, -0.2) is 32.8 Å². The molecule has 1 atom stereocenters. The number of amides is 1. The van der Waals surface area contributed by atoms with Crippen molar-refractivity contribution in [2.24, 2.45) is 5.10 Å². The molecule has 30 heavy (non-hydrogen) atoms. The average molecular weight is 421 g/mol. The van der Waals surface area contributed by atoms with Crippen LogP contribution in [0.2, 0.25) is 5.02 Å². The van der Waals surface area contributed by atoms with Gasteiger partial charge in [0.1, 0.15) is 16.9 Å². The molecule has 0 saturated carbocycles. The van der Waals surface area contributed by atoms with Crippen molar-refractivity contribution >= 4 is 51.7 Å². The molecule has 7 nitrogen and oxygen atoms in total. The first-order valence-electron chi connectivity index (χ1n) is 9.65. The minimum Gasteiger partial charge on any atom is -0.383 e. The summed E-state index contributed by atoms with van der Waals surface area (Å²) in [5, 5.41) is 8.08. The van der Waals surface area contributed by atoms with Crippen LogP contribution in [0, 0.1) is 0 Å². The molecular formula is C22H21ClN6O. The van der Waals surface area contributed by atoms with E-state index in [9.17, 15) is 4.79 Å². The SMILES string of the molecule is CCC(C)NC(=O)c1c(N)n(/N=C/c2ccc(Cl)cc2)c2nc3ccccc3nc12. The molecule has 0 bridgehead atoms. The Hall–Kier alpha value is -3.45. The molecule has 2 aromatic carbocycles. The van der Waals surface area contributed by atoms with E-state index >= 15 is 0 Å². The standard InChI is InChI=1S/C22H21ClN6O/c1-3-13(2)26-22(30)18-19-21(28-17-7-5-4-6-16(17)27-19)29(20(18)24)25-12-14-8-10-15(23)11-9-14/h4-13H,3,24H2,1-2H3,(H,26,30)/b25-12+. The Labute approximate surface area is 178 Å². The Balaban J connectivity index is 1.89. The topological polar surface area (TPSA) is 98.2 Å². The van der Waals surface area contributed by atoms with Gasteiger partial charge in [0.2, 0.25) is 0 Å². The molecule has 0 aliphatic heterocycles. The number of nitrogens with two attached hydrogens (primary N) is 1. The average Bonchev–Trinajstić information content (AvgIpc) is 3.01. The van der Waals surface area contributed by atoms with Crippen LogP contribution in [0.15, 0.2) is 53.6 Å². The fourth-order valence-electron chi connectivity index (χ4n) is 3.06. The molecule has 1 unspecified atom stereocenters. The van der Waals surface area contributed by atoms with Crippen molar-refractivity contribution in [1.82, 2.24) is 20.0 Å². The lowest BCUT2D eigenvalue weighted by Crippen LogP contribution is -2.32. The number of rotatable bonds is 5. The number of nitrogens with zero attached hydrogens (tertiary/aromatic N) is 4. The van der Waals surface area contributed by atoms with Crippen molar-refractivity contribution in [3.63, 3.8) is 0 Å². The normalized spacial score (nSPS) is 12.6. The van der Waals surface area contributed by atoms with E-state index in [1.165, 1.54) is 4.68 Å². The molecule has 0 aliphatic rings. The van der Waals surface area contributed by atoms with Gasteiger partial charge in [-0.25, -0.2) is 9.97 Å². The third kappa shape index (κ3) is 3.71. The molecule has 4 aromatic rings. The van der Waals surface area contributed by atoms with Crippen molar-refractivity contribution < 1.29 is 4.79 Å². The third-order valence-electron chi connectivity index (χ3n) is 4.88. The second-order valence-electron chi connectivity index (χ2n) is 7.04. The van der Waals surface area contributed by atoms with E-state index in [1.807, 2.05) is 50.2 Å². The zero-order valence-electron chi connectivity index (χ0n) is 16.6. The van der Waals surface area contributed by atoms with Gasteiger partial charge in [0.25, 0.3) is 5.91 Å². The van der Waals surface area contributed by atoms with E-state index in [1.54, 1.807) is 18.3 Å². The summed E-state index contributed by atoms with van der Waals surface area (Å²) in [5.74, 6) is -0.108. The highest BCUT2D eigenvalue weighted by atomic mass is 35.5. The molecule has 2 heterocycles. The molecule has 0 aliphatic carbocycles. The largest absolute Gasteiger partial charge is 0.383 e. The Kier molecular flexibility index (Phi) is 5.37. The summed E-state index contributed by atoms with van der Waals surface area (Å²) in [6.45, 7) is 3.94. The van der Waals surface area contributed by atoms with Gasteiger partial charge in [-0.1, -0.05) is 42.8 Å². The predicted octanol–water partition coefficient (Wildman–Crippen LogP) is 4.23. The Morgan fingerprint density at radius 2 is 1.87 bits per heavy atom. The molecule has 0 fully saturated rings. The Morgan fingerprint density at radius 1 is 1.20 bits per heavy atom. The Bertz CT molecular complexity index is 1260. The van der Waals surface area contributed by atoms with E-state index in [0.717, 1.165) is 12.0 Å². The van der Waals surface area contributed by atoms with Crippen molar-refractivity contribution in [1.29, 1.82) is 0 Å². The van der Waals surface area contributed by atoms with Gasteiger partial charge < -0.3 is 11.1 Å². The van der Waals surface area contributed by atoms with Gasteiger partial charge in [0.05, 0.1) is 17.2 Å². The maximum atomic E-state index is 13.0. The number of halogens is 1. The summed E-state index contributed by atoms with van der Waals surface area (Å²) in [7, 11) is 0. The molecular weight excluding hydrogens is 400 g/mol. The second-order valence-corrected chi connectivity index (χ2v) is 7.47. The number of hydrogen-bond donors (Lipinski definition) is 2. The number of carbonyl (C=O) groups excluding carboxylic acids is 1. The summed E-state index contributed by atoms with van der Waals surface area (Å²) in [6.07, 6.45) is 2.44. The van der Waals surface area contributed by atoms with Crippen molar-refractivity contribution in [2.45, 2.75) is 26.3 Å². The van der Waals surface area contributed by atoms with Gasteiger partial charge in [0.15, 0.2) is 5.65 Å². The molecule has 0 saturated heterocycles. The number of nitrogens with one attached hydrogen (secondary N) is 1. The van der Waals surface area contributed by atoms with Gasteiger partial charge in [-0.05, 0) is 43.2 Å². The number of nitrogen functional groups attached to an aromatic ring is 1. The quantitative estimate of drug-likeness (QED) is 0.472. The maximum absolute atomic E-state index is 13.0. The van der Waals surface area contributed by atoms with Crippen LogP contribution < -0.4 is 11.1 Å². The van der Waals surface area contributed by atoms with Crippen LogP contribution in [0.3, 0.4) is 0 Å². The monoisotopic (exact) mass is 420 g/mol. The molecule has 1 amide bonds. The predicted molar refractivity (Wildman–Crippen MR) is 121 cm³/mol. The van der Waals surface area contributed by atoms with Crippen LogP contribution in [-0.2, 0) is 0 Å². The van der Waals surface area contributed by atoms with Crippen LogP contribution in [0.1, 0.15) is 36.2 Å². The number of anilines is 1. The fraction of sp³-hybridized carbons (Fsp3) is 0.182. The van der Waals surface area contributed by atoms with E-state index < -0.39 is 0 Å². The first-order valence-corrected chi connectivity index (χ1v) is 10.0. The lowest BCUT2D eigenvalue weighted by molar-refractivity contribution is 0.0941. The summed E-state index contributed by atoms with van der Waals surface area (Å²) >= 11 is 5.95. The molecule has 0 radical (unpaired) electrons. The summed E-state index contributed by atoms with van der Waals surface area (Å²) in [4.78, 5) is 22.3. The smallest absolute Gasteiger partial charge is 0.257 e. The summed E-state index contributed by atoms with van der Waals surface area (Å²) in [5.41, 5.74) is 9.70. The zero-order chi connectivity index (χ0) is 21.3. The Morgan fingerprint density at radius 3 is 2.53 bits per heavy atom. The fourth-order valence-corrected chi connectivity index (χ4v) is 3.19. The van der Waals surface area contributed by atoms with Crippen LogP contribution in [0.25, 0.3) is 22.2 Å². The van der Waals surface area contributed by atoms with Gasteiger partial charge in [-0.2, -0.15) is 9.78 Å². The summed E-state index contributed by atoms with van der Waals surface area (Å²) in [6, 6.07) is 14.7. The first kappa shape index (κ1) is 19.8. The maximum Gasteiger partial charge on any atom is 0.257 e. The van der Waals surface area contributed by atoms with Crippen molar-refractivity contribution in [3.05, 3.63) is 64.7 Å². The highest BCUT2D eigenvalue weighted by Crippen LogP contribution is 2.28. The minimum absolute atomic E-state index is 0.00119. The van der Waals surface area contributed by atoms with E-state index in [2.05, 4.69) is 20.4 Å². The second kappa shape index (κ2) is 8.12. The van der Waals surface area contributed by atoms with Crippen molar-refractivity contribution in [2.75, 3.05) is 5.73 Å². The molecule has 3 N–H and O–H groups in total. The van der Waals surface area contributed by atoms with Gasteiger partial charge in [-0.3, -0.25) is 4.79 Å². The molecule has 8 heteroatoms. The number of hydrogen-bond acceptors (Lipinski definition) is 5. The van der Waals surface area contributed by atoms with E-state index in [4.69, 9.17) is 17.3 Å². The van der Waals surface area contributed by atoms with Crippen LogP contribution in [0.4, 0.5) is 5.82 Å². The van der Waals surface area contributed by atoms with Gasteiger partial charge in [0, 0.05) is 11.1 Å². The first-order chi connectivity index (χ1) is 14.5. The summed E-state index contributed by atoms with van der Waals surface area (Å²) < 4.78 is 1.45. The zero-order valence-corrected chi connectivity index (χ0v) is 17.4. The lowest BCUT2D eigenvalue weighted by Gasteiger charge is -2.11. The molecule has 4 rings (SSSR count). The van der Waals surface area contributed by atoms with Crippen molar-refractivity contribution in [3.8, 4) is 0 Å².